The summed E-state index contributed by atoms with van der Waals surface area (Å²) in [5.41, 5.74) is 0.199. The molecule has 0 aliphatic rings. The van der Waals surface area contributed by atoms with Crippen molar-refractivity contribution >= 4 is 5.91 Å². The molecular formula is C14H17FN4O. The van der Waals surface area contributed by atoms with Gasteiger partial charge in [0.25, 0.3) is 5.91 Å². The Morgan fingerprint density at radius 3 is 2.70 bits per heavy atom. The lowest BCUT2D eigenvalue weighted by molar-refractivity contribution is 0.0921. The van der Waals surface area contributed by atoms with Crippen LogP contribution in [0.4, 0.5) is 4.39 Å². The lowest BCUT2D eigenvalue weighted by Crippen LogP contribution is -2.33. The van der Waals surface area contributed by atoms with Crippen molar-refractivity contribution in [1.29, 1.82) is 0 Å². The van der Waals surface area contributed by atoms with Crippen molar-refractivity contribution in [3.05, 3.63) is 48.1 Å². The van der Waals surface area contributed by atoms with Gasteiger partial charge in [-0.3, -0.25) is 9.78 Å². The summed E-state index contributed by atoms with van der Waals surface area (Å²) < 4.78 is 15.0. The molecule has 0 aromatic carbocycles. The van der Waals surface area contributed by atoms with E-state index in [9.17, 15) is 9.18 Å². The number of pyridine rings is 1. The summed E-state index contributed by atoms with van der Waals surface area (Å²) in [6.07, 6.45) is 5.91. The average molecular weight is 276 g/mol. The second-order valence-electron chi connectivity index (χ2n) is 4.98. The van der Waals surface area contributed by atoms with Crippen molar-refractivity contribution in [3.8, 4) is 0 Å². The Morgan fingerprint density at radius 2 is 2.15 bits per heavy atom. The van der Waals surface area contributed by atoms with E-state index in [4.69, 9.17) is 0 Å². The minimum atomic E-state index is -0.532. The normalized spacial score (nSPS) is 12.4. The van der Waals surface area contributed by atoms with Gasteiger partial charge in [0.05, 0.1) is 17.8 Å². The number of amides is 1. The molecular weight excluding hydrogens is 259 g/mol. The Labute approximate surface area is 116 Å². The summed E-state index contributed by atoms with van der Waals surface area (Å²) in [4.78, 5) is 20.1. The molecule has 0 aliphatic heterocycles. The number of hydrogen-bond donors (Lipinski definition) is 1. The van der Waals surface area contributed by atoms with Crippen LogP contribution in [0.15, 0.2) is 30.9 Å². The zero-order chi connectivity index (χ0) is 14.7. The van der Waals surface area contributed by atoms with Crippen LogP contribution in [-0.2, 0) is 7.05 Å². The maximum atomic E-state index is 13.1. The van der Waals surface area contributed by atoms with Crippen LogP contribution in [0.25, 0.3) is 0 Å². The van der Waals surface area contributed by atoms with Crippen molar-refractivity contribution in [2.75, 3.05) is 0 Å². The molecule has 0 saturated carbocycles. The van der Waals surface area contributed by atoms with Crippen LogP contribution >= 0.6 is 0 Å². The number of rotatable bonds is 4. The summed E-state index contributed by atoms with van der Waals surface area (Å²) in [7, 11) is 1.87. The van der Waals surface area contributed by atoms with Crippen molar-refractivity contribution in [1.82, 2.24) is 19.9 Å². The highest BCUT2D eigenvalue weighted by molar-refractivity contribution is 5.94. The molecule has 0 saturated heterocycles. The third-order valence-electron chi connectivity index (χ3n) is 3.06. The van der Waals surface area contributed by atoms with Gasteiger partial charge in [-0.2, -0.15) is 0 Å². The van der Waals surface area contributed by atoms with Crippen molar-refractivity contribution in [3.63, 3.8) is 0 Å². The number of imidazole rings is 1. The summed E-state index contributed by atoms with van der Waals surface area (Å²) in [6, 6.07) is 0.920. The zero-order valence-corrected chi connectivity index (χ0v) is 11.7. The molecule has 0 bridgehead atoms. The first kappa shape index (κ1) is 14.2. The number of aryl methyl sites for hydroxylation is 1. The van der Waals surface area contributed by atoms with Crippen LogP contribution in [0, 0.1) is 11.7 Å². The zero-order valence-electron chi connectivity index (χ0n) is 11.7. The largest absolute Gasteiger partial charge is 0.342 e. The van der Waals surface area contributed by atoms with E-state index in [-0.39, 0.29) is 23.4 Å². The molecule has 0 fully saturated rings. The quantitative estimate of drug-likeness (QED) is 0.930. The molecule has 6 heteroatoms. The number of aromatic nitrogens is 3. The summed E-state index contributed by atoms with van der Waals surface area (Å²) in [6.45, 7) is 3.98. The monoisotopic (exact) mass is 276 g/mol. The first-order chi connectivity index (χ1) is 9.49. The van der Waals surface area contributed by atoms with Gasteiger partial charge in [-0.25, -0.2) is 9.37 Å². The Morgan fingerprint density at radius 1 is 1.40 bits per heavy atom. The molecule has 2 aromatic rings. The molecule has 0 spiro atoms. The molecule has 1 amide bonds. The minimum Gasteiger partial charge on any atom is -0.342 e. The van der Waals surface area contributed by atoms with Crippen LogP contribution in [0.2, 0.25) is 0 Å². The number of nitrogens with one attached hydrogen (secondary N) is 1. The molecule has 2 heterocycles. The van der Waals surface area contributed by atoms with Gasteiger partial charge in [0, 0.05) is 25.6 Å². The van der Waals surface area contributed by atoms with Crippen LogP contribution < -0.4 is 5.32 Å². The number of hydrogen-bond acceptors (Lipinski definition) is 3. The van der Waals surface area contributed by atoms with Gasteiger partial charge in [-0.05, 0) is 12.0 Å². The Balaban J connectivity index is 2.21. The number of carbonyl (C=O) groups excluding carboxylic acids is 1. The maximum absolute atomic E-state index is 13.1. The van der Waals surface area contributed by atoms with Gasteiger partial charge in [0.1, 0.15) is 11.6 Å². The highest BCUT2D eigenvalue weighted by Crippen LogP contribution is 2.20. The fraction of sp³-hybridized carbons (Fsp3) is 0.357. The molecule has 106 valence electrons. The first-order valence-corrected chi connectivity index (χ1v) is 6.37. The fourth-order valence-corrected chi connectivity index (χ4v) is 1.97. The van der Waals surface area contributed by atoms with Crippen molar-refractivity contribution < 1.29 is 9.18 Å². The molecule has 0 aliphatic carbocycles. The molecule has 1 atom stereocenters. The van der Waals surface area contributed by atoms with Crippen molar-refractivity contribution in [2.24, 2.45) is 13.0 Å². The Hall–Kier alpha value is -2.24. The third kappa shape index (κ3) is 3.01. The second-order valence-corrected chi connectivity index (χ2v) is 4.98. The van der Waals surface area contributed by atoms with Gasteiger partial charge < -0.3 is 9.88 Å². The minimum absolute atomic E-state index is 0.154. The predicted molar refractivity (Wildman–Crippen MR) is 72.4 cm³/mol. The van der Waals surface area contributed by atoms with E-state index < -0.39 is 5.82 Å². The van der Waals surface area contributed by atoms with E-state index in [1.54, 1.807) is 6.20 Å². The molecule has 0 radical (unpaired) electrons. The molecule has 20 heavy (non-hydrogen) atoms. The predicted octanol–water partition coefficient (Wildman–Crippen LogP) is 2.08. The van der Waals surface area contributed by atoms with Gasteiger partial charge in [0.15, 0.2) is 0 Å². The van der Waals surface area contributed by atoms with Crippen molar-refractivity contribution in [2.45, 2.75) is 19.9 Å². The topological polar surface area (TPSA) is 59.8 Å². The van der Waals surface area contributed by atoms with Crippen LogP contribution in [-0.4, -0.2) is 20.4 Å². The molecule has 2 aromatic heterocycles. The molecule has 5 nitrogen and oxygen atoms in total. The summed E-state index contributed by atoms with van der Waals surface area (Å²) in [5, 5.41) is 2.87. The van der Waals surface area contributed by atoms with Gasteiger partial charge in [-0.1, -0.05) is 13.8 Å². The lowest BCUT2D eigenvalue weighted by Gasteiger charge is -2.22. The van der Waals surface area contributed by atoms with Gasteiger partial charge in [0.2, 0.25) is 0 Å². The van der Waals surface area contributed by atoms with Crippen LogP contribution in [0.1, 0.15) is 36.1 Å². The SMILES string of the molecule is CC(C)[C@H](NC(=O)c1cncc(F)c1)c1nccn1C. The third-order valence-corrected chi connectivity index (χ3v) is 3.06. The second kappa shape index (κ2) is 5.81. The van der Waals surface area contributed by atoms with Gasteiger partial charge >= 0.3 is 0 Å². The standard InChI is InChI=1S/C14H17FN4O/c1-9(2)12(13-17-4-5-19(13)3)18-14(20)10-6-11(15)8-16-7-10/h4-9,12H,1-3H3,(H,18,20)/t12-/m0/s1. The molecule has 0 unspecified atom stereocenters. The van der Waals surface area contributed by atoms with Gasteiger partial charge in [-0.15, -0.1) is 0 Å². The molecule has 2 rings (SSSR count). The van der Waals surface area contributed by atoms with E-state index in [0.717, 1.165) is 18.1 Å². The highest BCUT2D eigenvalue weighted by Gasteiger charge is 2.22. The fourth-order valence-electron chi connectivity index (χ4n) is 1.97. The van der Waals surface area contributed by atoms with Crippen LogP contribution in [0.5, 0.6) is 0 Å². The number of halogens is 1. The maximum Gasteiger partial charge on any atom is 0.253 e. The Kier molecular flexibility index (Phi) is 4.12. The highest BCUT2D eigenvalue weighted by atomic mass is 19.1. The Bertz CT molecular complexity index is 609. The first-order valence-electron chi connectivity index (χ1n) is 6.37. The van der Waals surface area contributed by atoms with E-state index in [2.05, 4.69) is 15.3 Å². The van der Waals surface area contributed by atoms with E-state index in [1.165, 1.54) is 6.20 Å². The smallest absolute Gasteiger partial charge is 0.253 e. The summed E-state index contributed by atoms with van der Waals surface area (Å²) in [5.74, 6) is 0.0220. The summed E-state index contributed by atoms with van der Waals surface area (Å²) >= 11 is 0. The number of carbonyl (C=O) groups is 1. The van der Waals surface area contributed by atoms with Crippen LogP contribution in [0.3, 0.4) is 0 Å². The van der Waals surface area contributed by atoms with E-state index in [0.29, 0.717) is 0 Å². The van der Waals surface area contributed by atoms with E-state index >= 15 is 0 Å². The van der Waals surface area contributed by atoms with E-state index in [1.807, 2.05) is 31.7 Å². The average Bonchev–Trinajstić information content (AvgIpc) is 2.81. The molecule has 1 N–H and O–H groups in total. The lowest BCUT2D eigenvalue weighted by atomic mass is 10.0. The number of nitrogens with zero attached hydrogens (tertiary/aromatic N) is 3.